The van der Waals surface area contributed by atoms with E-state index in [2.05, 4.69) is 32.6 Å². The van der Waals surface area contributed by atoms with Crippen LogP contribution >= 0.6 is 45.7 Å². The summed E-state index contributed by atoms with van der Waals surface area (Å²) >= 11 is 4.82. The van der Waals surface area contributed by atoms with E-state index in [9.17, 15) is 9.59 Å². The fraction of sp³-hybridized carbons (Fsp3) is 0.0714. The maximum atomic E-state index is 12.0. The van der Waals surface area contributed by atoms with Crippen molar-refractivity contribution < 1.29 is 4.79 Å². The molecule has 3 aromatic rings. The number of thiophene rings is 1. The molecule has 2 aromatic heterocycles. The third-order valence-corrected chi connectivity index (χ3v) is 5.24. The van der Waals surface area contributed by atoms with Gasteiger partial charge in [-0.2, -0.15) is 0 Å². The van der Waals surface area contributed by atoms with Crippen molar-refractivity contribution in [3.05, 3.63) is 54.5 Å². The van der Waals surface area contributed by atoms with Gasteiger partial charge in [-0.05, 0) is 52.2 Å². The molecule has 0 aliphatic heterocycles. The van der Waals surface area contributed by atoms with Crippen molar-refractivity contribution in [3.63, 3.8) is 0 Å². The van der Waals surface area contributed by atoms with Crippen LogP contribution < -0.4 is 5.56 Å². The third kappa shape index (κ3) is 3.35. The molecule has 0 fully saturated rings. The van der Waals surface area contributed by atoms with E-state index in [-0.39, 0.29) is 17.1 Å². The number of rotatable bonds is 4. The predicted molar refractivity (Wildman–Crippen MR) is 94.5 cm³/mol. The number of nitrogens with zero attached hydrogens (tertiary/aromatic N) is 1. The van der Waals surface area contributed by atoms with Crippen LogP contribution in [0.1, 0.15) is 9.67 Å². The predicted octanol–water partition coefficient (Wildman–Crippen LogP) is 3.56. The Kier molecular flexibility index (Phi) is 4.41. The Labute approximate surface area is 142 Å². The van der Waals surface area contributed by atoms with Crippen molar-refractivity contribution in [1.29, 1.82) is 0 Å². The second kappa shape index (κ2) is 6.29. The highest BCUT2D eigenvalue weighted by molar-refractivity contribution is 14.1. The van der Waals surface area contributed by atoms with Crippen LogP contribution in [-0.2, 0) is 0 Å². The number of fused-ring (bicyclic) bond motifs is 1. The molecule has 0 bridgehead atoms. The smallest absolute Gasteiger partial charge is 0.259 e. The minimum atomic E-state index is -0.176. The van der Waals surface area contributed by atoms with E-state index in [1.807, 2.05) is 23.6 Å². The normalized spacial score (nSPS) is 10.9. The van der Waals surface area contributed by atoms with Crippen molar-refractivity contribution in [2.45, 2.75) is 5.16 Å². The molecule has 21 heavy (non-hydrogen) atoms. The number of aromatic amines is 1. The van der Waals surface area contributed by atoms with Gasteiger partial charge < -0.3 is 4.98 Å². The van der Waals surface area contributed by atoms with Crippen LogP contribution in [-0.4, -0.2) is 21.5 Å². The first-order chi connectivity index (χ1) is 10.1. The largest absolute Gasteiger partial charge is 0.301 e. The zero-order valence-electron chi connectivity index (χ0n) is 10.6. The van der Waals surface area contributed by atoms with Gasteiger partial charge in [0.2, 0.25) is 0 Å². The van der Waals surface area contributed by atoms with Gasteiger partial charge in [-0.3, -0.25) is 9.59 Å². The molecule has 0 aliphatic carbocycles. The van der Waals surface area contributed by atoms with Gasteiger partial charge in [-0.15, -0.1) is 11.3 Å². The molecule has 1 aromatic carbocycles. The molecule has 2 heterocycles. The molecule has 0 aliphatic rings. The highest BCUT2D eigenvalue weighted by Gasteiger charge is 2.10. The van der Waals surface area contributed by atoms with Crippen LogP contribution in [0.5, 0.6) is 0 Å². The van der Waals surface area contributed by atoms with E-state index in [0.29, 0.717) is 16.1 Å². The lowest BCUT2D eigenvalue weighted by molar-refractivity contribution is 0.102. The first-order valence-electron chi connectivity index (χ1n) is 6.02. The van der Waals surface area contributed by atoms with Crippen LogP contribution in [0.2, 0.25) is 0 Å². The highest BCUT2D eigenvalue weighted by atomic mass is 127. The van der Waals surface area contributed by atoms with Gasteiger partial charge in [0.25, 0.3) is 5.56 Å². The summed E-state index contributed by atoms with van der Waals surface area (Å²) in [5.74, 6) is 0.305. The monoisotopic (exact) mass is 428 g/mol. The molecule has 0 spiro atoms. The number of halogens is 1. The molecule has 0 atom stereocenters. The van der Waals surface area contributed by atoms with Gasteiger partial charge in [0.1, 0.15) is 0 Å². The average Bonchev–Trinajstić information content (AvgIpc) is 3.00. The fourth-order valence-corrected chi connectivity index (χ4v) is 3.80. The van der Waals surface area contributed by atoms with E-state index in [4.69, 9.17) is 0 Å². The summed E-state index contributed by atoms with van der Waals surface area (Å²) < 4.78 is 0.987. The number of benzene rings is 1. The lowest BCUT2D eigenvalue weighted by Gasteiger charge is -2.02. The fourth-order valence-electron chi connectivity index (χ4n) is 1.80. The second-order valence-corrected chi connectivity index (χ2v) is 7.38. The lowest BCUT2D eigenvalue weighted by atomic mass is 10.2. The maximum absolute atomic E-state index is 12.0. The highest BCUT2D eigenvalue weighted by Crippen LogP contribution is 2.19. The van der Waals surface area contributed by atoms with E-state index in [1.165, 1.54) is 23.1 Å². The van der Waals surface area contributed by atoms with Gasteiger partial charge in [0.05, 0.1) is 21.5 Å². The Balaban J connectivity index is 1.83. The molecular weight excluding hydrogens is 419 g/mol. The summed E-state index contributed by atoms with van der Waals surface area (Å²) in [6.45, 7) is 0. The molecule has 0 radical (unpaired) electrons. The Morgan fingerprint density at radius 2 is 2.24 bits per heavy atom. The third-order valence-electron chi connectivity index (χ3n) is 2.78. The average molecular weight is 428 g/mol. The van der Waals surface area contributed by atoms with Crippen molar-refractivity contribution >= 4 is 62.4 Å². The minimum absolute atomic E-state index is 0.0420. The molecule has 3 rings (SSSR count). The van der Waals surface area contributed by atoms with Crippen molar-refractivity contribution in [2.75, 3.05) is 5.75 Å². The Morgan fingerprint density at radius 1 is 1.38 bits per heavy atom. The molecule has 7 heteroatoms. The molecule has 0 unspecified atom stereocenters. The zero-order chi connectivity index (χ0) is 14.8. The van der Waals surface area contributed by atoms with Crippen LogP contribution in [0.15, 0.2) is 45.7 Å². The molecule has 0 amide bonds. The van der Waals surface area contributed by atoms with Gasteiger partial charge in [0.15, 0.2) is 10.9 Å². The van der Waals surface area contributed by atoms with E-state index < -0.39 is 0 Å². The molecular formula is C14H9IN2O2S2. The Bertz CT molecular complexity index is 859. The van der Waals surface area contributed by atoms with E-state index in [1.54, 1.807) is 12.1 Å². The second-order valence-electron chi connectivity index (χ2n) is 4.22. The first kappa shape index (κ1) is 14.7. The van der Waals surface area contributed by atoms with Crippen LogP contribution in [0.4, 0.5) is 0 Å². The number of hydrogen-bond acceptors (Lipinski definition) is 5. The standard InChI is InChI=1S/C14H9IN2O2S2/c15-8-3-4-10-9(6-8)13(19)17-14(16-10)21-7-11(18)12-2-1-5-20-12/h1-6H,7H2,(H,16,17,19). The number of thioether (sulfide) groups is 1. The van der Waals surface area contributed by atoms with E-state index in [0.717, 1.165) is 8.45 Å². The summed E-state index contributed by atoms with van der Waals surface area (Å²) in [4.78, 5) is 31.8. The molecule has 4 nitrogen and oxygen atoms in total. The Morgan fingerprint density at radius 3 is 3.00 bits per heavy atom. The van der Waals surface area contributed by atoms with Crippen molar-refractivity contribution in [3.8, 4) is 0 Å². The van der Waals surface area contributed by atoms with Crippen LogP contribution in [0.25, 0.3) is 10.9 Å². The molecule has 0 saturated carbocycles. The summed E-state index contributed by atoms with van der Waals surface area (Å²) in [5.41, 5.74) is 0.467. The number of hydrogen-bond donors (Lipinski definition) is 1. The summed E-state index contributed by atoms with van der Waals surface area (Å²) in [6, 6.07) is 9.16. The molecule has 1 N–H and O–H groups in total. The first-order valence-corrected chi connectivity index (χ1v) is 8.97. The number of carbonyl (C=O) groups is 1. The summed E-state index contributed by atoms with van der Waals surface area (Å²) in [6.07, 6.45) is 0. The van der Waals surface area contributed by atoms with Gasteiger partial charge in [-0.25, -0.2) is 4.98 Å². The van der Waals surface area contributed by atoms with Crippen molar-refractivity contribution in [1.82, 2.24) is 9.97 Å². The topological polar surface area (TPSA) is 62.8 Å². The van der Waals surface area contributed by atoms with E-state index >= 15 is 0 Å². The zero-order valence-corrected chi connectivity index (χ0v) is 14.4. The number of nitrogens with one attached hydrogen (secondary N) is 1. The number of H-pyrrole nitrogens is 1. The number of aromatic nitrogens is 2. The maximum Gasteiger partial charge on any atom is 0.259 e. The quantitative estimate of drug-likeness (QED) is 0.299. The summed E-state index contributed by atoms with van der Waals surface area (Å²) in [5, 5.41) is 2.91. The van der Waals surface area contributed by atoms with Crippen LogP contribution in [0.3, 0.4) is 0 Å². The number of carbonyl (C=O) groups excluding carboxylic acids is 1. The van der Waals surface area contributed by atoms with Gasteiger partial charge >= 0.3 is 0 Å². The van der Waals surface area contributed by atoms with Crippen molar-refractivity contribution in [2.24, 2.45) is 0 Å². The summed E-state index contributed by atoms with van der Waals surface area (Å²) in [7, 11) is 0. The van der Waals surface area contributed by atoms with Crippen LogP contribution in [0, 0.1) is 3.57 Å². The number of Topliss-reactive ketones (excluding diaryl/α,β-unsaturated/α-hetero) is 1. The molecule has 106 valence electrons. The lowest BCUT2D eigenvalue weighted by Crippen LogP contribution is -2.10. The van der Waals surface area contributed by atoms with Gasteiger partial charge in [-0.1, -0.05) is 17.8 Å². The van der Waals surface area contributed by atoms with Gasteiger partial charge in [0, 0.05) is 3.57 Å². The molecule has 0 saturated heterocycles. The number of ketones is 1. The minimum Gasteiger partial charge on any atom is -0.301 e. The SMILES string of the molecule is O=C(CSc1nc2ccc(I)cc2c(=O)[nH]1)c1cccs1. The Hall–Kier alpha value is -1.19.